The number of morpholine rings is 1. The van der Waals surface area contributed by atoms with Crippen LogP contribution in [-0.2, 0) is 14.8 Å². The van der Waals surface area contributed by atoms with Gasteiger partial charge in [0, 0.05) is 30.0 Å². The second kappa shape index (κ2) is 8.87. The summed E-state index contributed by atoms with van der Waals surface area (Å²) in [5.74, 6) is -1.33. The van der Waals surface area contributed by atoms with Crippen LogP contribution in [0.15, 0.2) is 41.3 Å². The summed E-state index contributed by atoms with van der Waals surface area (Å²) in [6.45, 7) is 2.58. The lowest BCUT2D eigenvalue weighted by atomic mass is 10.1. The maximum atomic E-state index is 14.2. The summed E-state index contributed by atoms with van der Waals surface area (Å²) in [7, 11) is -4.02. The van der Waals surface area contributed by atoms with Crippen molar-refractivity contribution >= 4 is 39.7 Å². The zero-order chi connectivity index (χ0) is 19.6. The molecule has 2 aromatic carbocycles. The highest BCUT2D eigenvalue weighted by Crippen LogP contribution is 2.24. The average molecular weight is 430 g/mol. The normalized spacial score (nSPS) is 14.9. The van der Waals surface area contributed by atoms with Crippen LogP contribution in [0, 0.1) is 12.7 Å². The van der Waals surface area contributed by atoms with Gasteiger partial charge in [-0.15, -0.1) is 12.4 Å². The van der Waals surface area contributed by atoms with Gasteiger partial charge in [-0.05, 0) is 42.8 Å². The molecule has 10 heteroatoms. The van der Waals surface area contributed by atoms with Crippen LogP contribution in [0.5, 0.6) is 0 Å². The monoisotopic (exact) mass is 429 g/mol. The quantitative estimate of drug-likeness (QED) is 0.727. The Kier molecular flexibility index (Phi) is 7.00. The first-order chi connectivity index (χ1) is 12.8. The number of nitrogens with zero attached hydrogens (tertiary/aromatic N) is 1. The smallest absolute Gasteiger partial charge is 0.256 e. The van der Waals surface area contributed by atoms with Gasteiger partial charge in [0.1, 0.15) is 10.7 Å². The Labute approximate surface area is 169 Å². The molecule has 1 aliphatic rings. The summed E-state index contributed by atoms with van der Waals surface area (Å²) in [5, 5.41) is 2.60. The van der Waals surface area contributed by atoms with Crippen LogP contribution in [-0.4, -0.2) is 44.9 Å². The number of nitrogen functional groups attached to an aromatic ring is 1. The molecule has 3 rings (SSSR count). The van der Waals surface area contributed by atoms with Crippen LogP contribution >= 0.6 is 12.4 Å². The molecule has 1 fully saturated rings. The summed E-state index contributed by atoms with van der Waals surface area (Å²) in [6, 6.07) is 8.38. The first-order valence-corrected chi connectivity index (χ1v) is 9.78. The molecule has 0 atom stereocenters. The van der Waals surface area contributed by atoms with Crippen LogP contribution in [0.4, 0.5) is 15.8 Å². The number of nitrogens with two attached hydrogens (primary N) is 1. The van der Waals surface area contributed by atoms with Crippen molar-refractivity contribution in [3.63, 3.8) is 0 Å². The van der Waals surface area contributed by atoms with Gasteiger partial charge in [-0.1, -0.05) is 6.07 Å². The van der Waals surface area contributed by atoms with E-state index in [9.17, 15) is 17.6 Å². The Morgan fingerprint density at radius 2 is 1.86 bits per heavy atom. The van der Waals surface area contributed by atoms with Crippen molar-refractivity contribution in [2.24, 2.45) is 0 Å². The molecule has 0 bridgehead atoms. The molecule has 0 spiro atoms. The van der Waals surface area contributed by atoms with E-state index >= 15 is 0 Å². The lowest BCUT2D eigenvalue weighted by Crippen LogP contribution is -2.40. The second-order valence-electron chi connectivity index (χ2n) is 6.19. The highest BCUT2D eigenvalue weighted by atomic mass is 35.5. The molecule has 0 unspecified atom stereocenters. The van der Waals surface area contributed by atoms with Gasteiger partial charge in [0.05, 0.1) is 13.2 Å². The van der Waals surface area contributed by atoms with E-state index in [1.54, 1.807) is 19.1 Å². The SMILES string of the molecule is Cc1ccc(N)cc1C(=O)Nc1ccc(F)c(S(=O)(=O)N2CCOCC2)c1.Cl. The Balaban J connectivity index is 0.00000280. The number of carbonyl (C=O) groups is 1. The number of sulfonamides is 1. The van der Waals surface area contributed by atoms with Crippen LogP contribution in [0.25, 0.3) is 0 Å². The van der Waals surface area contributed by atoms with Crippen molar-refractivity contribution in [1.82, 2.24) is 4.31 Å². The first kappa shape index (κ1) is 22.1. The molecule has 1 amide bonds. The minimum absolute atomic E-state index is 0. The van der Waals surface area contributed by atoms with Crippen LogP contribution in [0.3, 0.4) is 0 Å². The number of nitrogens with one attached hydrogen (secondary N) is 1. The number of halogens is 2. The zero-order valence-corrected chi connectivity index (χ0v) is 16.8. The van der Waals surface area contributed by atoms with E-state index in [0.717, 1.165) is 12.1 Å². The van der Waals surface area contributed by atoms with E-state index in [1.807, 2.05) is 0 Å². The highest BCUT2D eigenvalue weighted by molar-refractivity contribution is 7.89. The number of rotatable bonds is 4. The fourth-order valence-electron chi connectivity index (χ4n) is 2.79. The molecule has 2 aromatic rings. The van der Waals surface area contributed by atoms with Crippen LogP contribution < -0.4 is 11.1 Å². The van der Waals surface area contributed by atoms with Crippen molar-refractivity contribution < 1.29 is 22.3 Å². The van der Waals surface area contributed by atoms with Crippen molar-refractivity contribution in [3.8, 4) is 0 Å². The third-order valence-electron chi connectivity index (χ3n) is 4.28. The fourth-order valence-corrected chi connectivity index (χ4v) is 4.29. The Morgan fingerprint density at radius 1 is 1.18 bits per heavy atom. The first-order valence-electron chi connectivity index (χ1n) is 8.34. The molecule has 0 aliphatic carbocycles. The number of benzene rings is 2. The van der Waals surface area contributed by atoms with Gasteiger partial charge in [0.25, 0.3) is 5.91 Å². The van der Waals surface area contributed by atoms with Crippen molar-refractivity contribution in [2.45, 2.75) is 11.8 Å². The number of anilines is 2. The van der Waals surface area contributed by atoms with Crippen molar-refractivity contribution in [2.75, 3.05) is 37.4 Å². The maximum Gasteiger partial charge on any atom is 0.256 e. The molecule has 28 heavy (non-hydrogen) atoms. The second-order valence-corrected chi connectivity index (χ2v) is 8.10. The number of ether oxygens (including phenoxy) is 1. The minimum Gasteiger partial charge on any atom is -0.399 e. The number of amides is 1. The topological polar surface area (TPSA) is 102 Å². The number of hydrogen-bond donors (Lipinski definition) is 2. The Bertz CT molecular complexity index is 979. The van der Waals surface area contributed by atoms with Crippen molar-refractivity contribution in [3.05, 3.63) is 53.3 Å². The third-order valence-corrected chi connectivity index (χ3v) is 6.20. The van der Waals surface area contributed by atoms with Gasteiger partial charge in [0.2, 0.25) is 10.0 Å². The largest absolute Gasteiger partial charge is 0.399 e. The molecular formula is C18H21ClFN3O4S. The molecule has 3 N–H and O–H groups in total. The van der Waals surface area contributed by atoms with E-state index in [1.165, 1.54) is 16.4 Å². The molecule has 0 saturated carbocycles. The van der Waals surface area contributed by atoms with Crippen LogP contribution in [0.2, 0.25) is 0 Å². The van der Waals surface area contributed by atoms with Gasteiger partial charge >= 0.3 is 0 Å². The zero-order valence-electron chi connectivity index (χ0n) is 15.1. The molecule has 7 nitrogen and oxygen atoms in total. The lowest BCUT2D eigenvalue weighted by molar-refractivity contribution is 0.0729. The fraction of sp³-hybridized carbons (Fsp3) is 0.278. The Morgan fingerprint density at radius 3 is 2.54 bits per heavy atom. The lowest BCUT2D eigenvalue weighted by Gasteiger charge is -2.26. The van der Waals surface area contributed by atoms with E-state index in [0.29, 0.717) is 16.8 Å². The predicted molar refractivity (Wildman–Crippen MR) is 107 cm³/mol. The molecule has 1 saturated heterocycles. The summed E-state index contributed by atoms with van der Waals surface area (Å²) < 4.78 is 46.0. The molecule has 152 valence electrons. The summed E-state index contributed by atoms with van der Waals surface area (Å²) in [5.41, 5.74) is 7.40. The van der Waals surface area contributed by atoms with Crippen molar-refractivity contribution in [1.29, 1.82) is 0 Å². The maximum absolute atomic E-state index is 14.2. The summed E-state index contributed by atoms with van der Waals surface area (Å²) in [4.78, 5) is 12.0. The van der Waals surface area contributed by atoms with Gasteiger partial charge in [-0.2, -0.15) is 4.31 Å². The van der Waals surface area contributed by atoms with E-state index in [4.69, 9.17) is 10.5 Å². The van der Waals surface area contributed by atoms with E-state index in [2.05, 4.69) is 5.32 Å². The van der Waals surface area contributed by atoms with E-state index < -0.39 is 26.6 Å². The summed E-state index contributed by atoms with van der Waals surface area (Å²) >= 11 is 0. The van der Waals surface area contributed by atoms with Crippen LogP contribution in [0.1, 0.15) is 15.9 Å². The molecular weight excluding hydrogens is 409 g/mol. The van der Waals surface area contributed by atoms with E-state index in [-0.39, 0.29) is 44.4 Å². The van der Waals surface area contributed by atoms with Gasteiger partial charge in [-0.3, -0.25) is 4.79 Å². The molecule has 0 radical (unpaired) electrons. The number of carbonyl (C=O) groups excluding carboxylic acids is 1. The standard InChI is InChI=1S/C18H20FN3O4S.ClH/c1-12-2-3-13(20)10-15(12)18(23)21-14-4-5-16(19)17(11-14)27(24,25)22-6-8-26-9-7-22;/h2-5,10-11H,6-9,20H2,1H3,(H,21,23);1H. The number of hydrogen-bond acceptors (Lipinski definition) is 5. The minimum atomic E-state index is -4.02. The molecule has 0 aromatic heterocycles. The van der Waals surface area contributed by atoms with Gasteiger partial charge < -0.3 is 15.8 Å². The summed E-state index contributed by atoms with van der Waals surface area (Å²) in [6.07, 6.45) is 0. The predicted octanol–water partition coefficient (Wildman–Crippen LogP) is 2.41. The highest BCUT2D eigenvalue weighted by Gasteiger charge is 2.29. The third kappa shape index (κ3) is 4.61. The molecule has 1 heterocycles. The van der Waals surface area contributed by atoms with Gasteiger partial charge in [0.15, 0.2) is 0 Å². The average Bonchev–Trinajstić information content (AvgIpc) is 2.65. The Hall–Kier alpha value is -2.20. The molecule has 1 aliphatic heterocycles. The van der Waals surface area contributed by atoms with Gasteiger partial charge in [-0.25, -0.2) is 12.8 Å². The number of aryl methyl sites for hydroxylation is 1.